The van der Waals surface area contributed by atoms with Crippen LogP contribution in [0.4, 0.5) is 18.9 Å². The number of alkyl halides is 4. The molecule has 0 radical (unpaired) electrons. The Hall–Kier alpha value is -3.95. The predicted octanol–water partition coefficient (Wildman–Crippen LogP) is 1.96. The van der Waals surface area contributed by atoms with E-state index in [0.717, 1.165) is 24.3 Å². The molecule has 2 saturated carbocycles. The van der Waals surface area contributed by atoms with Gasteiger partial charge in [0, 0.05) is 5.92 Å². The average molecular weight is 694 g/mol. The molecule has 2 aromatic rings. The fourth-order valence-corrected chi connectivity index (χ4v) is 7.29. The second-order valence-corrected chi connectivity index (χ2v) is 12.7. The molecule has 15 heteroatoms. The Morgan fingerprint density at radius 3 is 2.24 bits per heavy atom. The number of amides is 2. The maximum Gasteiger partial charge on any atom is 0.416 e. The number of anilines is 1. The van der Waals surface area contributed by atoms with Crippen LogP contribution in [-0.2, 0) is 36.6 Å². The van der Waals surface area contributed by atoms with E-state index < -0.39 is 92.6 Å². The number of hydrogen-bond donors (Lipinski definition) is 4. The van der Waals surface area contributed by atoms with Crippen LogP contribution in [0, 0.1) is 23.7 Å². The Labute approximate surface area is 262 Å². The number of carbonyl (C=O) groups excluding carboxylic acids is 6. The summed E-state index contributed by atoms with van der Waals surface area (Å²) in [4.78, 5) is 79.5. The molecule has 5 rings (SSSR count). The number of carbonyl (C=O) groups is 6. The van der Waals surface area contributed by atoms with E-state index in [1.807, 2.05) is 0 Å². The van der Waals surface area contributed by atoms with Crippen molar-refractivity contribution in [2.75, 3.05) is 19.4 Å². The molecular formula is C30H27BrF3N3O8. The van der Waals surface area contributed by atoms with Crippen LogP contribution in [0.2, 0.25) is 0 Å². The molecule has 2 aromatic carbocycles. The van der Waals surface area contributed by atoms with Crippen molar-refractivity contribution in [3.05, 3.63) is 58.7 Å². The number of phenolic OH excluding ortho intramolecular Hbond substituents is 1. The Kier molecular flexibility index (Phi) is 8.03. The van der Waals surface area contributed by atoms with Gasteiger partial charge in [-0.05, 0) is 62.2 Å². The number of nitrogens with zero attached hydrogens (tertiary/aromatic N) is 1. The van der Waals surface area contributed by atoms with Gasteiger partial charge in [0.1, 0.15) is 10.6 Å². The second kappa shape index (κ2) is 11.1. The molecule has 45 heavy (non-hydrogen) atoms. The number of phenols is 1. The highest BCUT2D eigenvalue weighted by molar-refractivity contribution is 9.09. The van der Waals surface area contributed by atoms with E-state index in [0.29, 0.717) is 5.56 Å². The monoisotopic (exact) mass is 693 g/mol. The van der Waals surface area contributed by atoms with Crippen molar-refractivity contribution in [2.45, 2.75) is 35.5 Å². The Bertz CT molecular complexity index is 1660. The number of nitrogens with one attached hydrogen (secondary N) is 1. The van der Waals surface area contributed by atoms with Gasteiger partial charge in [-0.2, -0.15) is 13.2 Å². The predicted molar refractivity (Wildman–Crippen MR) is 153 cm³/mol. The lowest BCUT2D eigenvalue weighted by molar-refractivity contribution is -0.181. The smallest absolute Gasteiger partial charge is 0.416 e. The van der Waals surface area contributed by atoms with E-state index in [2.05, 4.69) is 21.2 Å². The minimum Gasteiger partial charge on any atom is -0.505 e. The first-order chi connectivity index (χ1) is 20.9. The number of aromatic hydroxyl groups is 1. The highest BCUT2D eigenvalue weighted by Gasteiger charge is 2.69. The molecule has 7 atom stereocenters. The number of hydrogen-bond acceptors (Lipinski definition) is 9. The first-order valence-corrected chi connectivity index (χ1v) is 14.6. The van der Waals surface area contributed by atoms with Crippen molar-refractivity contribution in [2.24, 2.45) is 29.4 Å². The van der Waals surface area contributed by atoms with Crippen LogP contribution in [0.3, 0.4) is 0 Å². The van der Waals surface area contributed by atoms with Crippen molar-refractivity contribution < 1.29 is 52.2 Å². The SMILES string of the molecule is CN(C)[C@@H]1C(=O)C(C(N)=O)C(=O)[C@@]2(O)C(=O)C3C(=O)c4c(ccc(NC(=O)C(Br)c5ccc(C(F)(F)F)cc5)c4O)CC3CC12. The molecule has 0 aliphatic heterocycles. The maximum absolute atomic E-state index is 13.9. The zero-order valence-corrected chi connectivity index (χ0v) is 25.3. The first kappa shape index (κ1) is 32.4. The van der Waals surface area contributed by atoms with Crippen LogP contribution in [-0.4, -0.2) is 75.8 Å². The molecule has 3 aliphatic rings. The van der Waals surface area contributed by atoms with E-state index in [1.54, 1.807) is 0 Å². The molecule has 3 aliphatic carbocycles. The molecule has 5 unspecified atom stereocenters. The van der Waals surface area contributed by atoms with Crippen LogP contribution in [0.25, 0.3) is 0 Å². The molecule has 0 heterocycles. The van der Waals surface area contributed by atoms with E-state index >= 15 is 0 Å². The van der Waals surface area contributed by atoms with Gasteiger partial charge in [0.2, 0.25) is 11.8 Å². The molecule has 0 spiro atoms. The summed E-state index contributed by atoms with van der Waals surface area (Å²) in [6.07, 6.45) is -4.64. The van der Waals surface area contributed by atoms with E-state index in [1.165, 1.54) is 31.1 Å². The molecule has 0 saturated heterocycles. The number of likely N-dealkylation sites (N-methyl/N-ethyl adjacent to an activating group) is 1. The van der Waals surface area contributed by atoms with E-state index in [9.17, 15) is 52.2 Å². The van der Waals surface area contributed by atoms with Gasteiger partial charge in [-0.1, -0.05) is 34.1 Å². The van der Waals surface area contributed by atoms with Crippen molar-refractivity contribution in [3.63, 3.8) is 0 Å². The average Bonchev–Trinajstić information content (AvgIpc) is 2.95. The lowest BCUT2D eigenvalue weighted by Gasteiger charge is -2.52. The standard InChI is InChI=1S/C30H27BrF3N3O8/c1-37(2)21-15-10-13-9-12-5-8-16(36-28(44)20(31)11-3-6-14(7-4-11)30(32,33)34)22(38)17(12)23(39)18(13)25(41)29(15,45)26(42)19(24(21)40)27(35)43/h3-8,13,15,18-21,38,45H,9-10H2,1-2H3,(H2,35,43)(H,36,44)/t13?,15?,18?,19?,20?,21-,29-/m0/s1. The summed E-state index contributed by atoms with van der Waals surface area (Å²) in [5, 5.41) is 25.1. The minimum atomic E-state index is -4.57. The van der Waals surface area contributed by atoms with Crippen LogP contribution in [0.1, 0.15) is 38.3 Å². The molecule has 11 nitrogen and oxygen atoms in total. The minimum absolute atomic E-state index is 0.0419. The Morgan fingerprint density at radius 2 is 1.69 bits per heavy atom. The summed E-state index contributed by atoms with van der Waals surface area (Å²) in [5.41, 5.74) is 1.47. The van der Waals surface area contributed by atoms with Crippen LogP contribution in [0.5, 0.6) is 5.75 Å². The first-order valence-electron chi connectivity index (χ1n) is 13.7. The van der Waals surface area contributed by atoms with E-state index in [-0.39, 0.29) is 29.7 Å². The van der Waals surface area contributed by atoms with Crippen molar-refractivity contribution >= 4 is 56.6 Å². The molecule has 5 N–H and O–H groups in total. The summed E-state index contributed by atoms with van der Waals surface area (Å²) in [6.45, 7) is 0. The van der Waals surface area contributed by atoms with Crippen molar-refractivity contribution in [1.82, 2.24) is 4.90 Å². The third kappa shape index (κ3) is 5.06. The quantitative estimate of drug-likeness (QED) is 0.207. The van der Waals surface area contributed by atoms with Gasteiger partial charge in [-0.3, -0.25) is 33.7 Å². The highest BCUT2D eigenvalue weighted by Crippen LogP contribution is 2.51. The largest absolute Gasteiger partial charge is 0.505 e. The number of rotatable bonds is 5. The number of fused-ring (bicyclic) bond motifs is 3. The van der Waals surface area contributed by atoms with Crippen molar-refractivity contribution in [3.8, 4) is 5.75 Å². The third-order valence-corrected chi connectivity index (χ3v) is 9.90. The van der Waals surface area contributed by atoms with Crippen molar-refractivity contribution in [1.29, 1.82) is 0 Å². The number of benzene rings is 2. The van der Waals surface area contributed by atoms with Crippen LogP contribution >= 0.6 is 15.9 Å². The fourth-order valence-electron chi connectivity index (χ4n) is 6.87. The van der Waals surface area contributed by atoms with Gasteiger partial charge >= 0.3 is 6.18 Å². The van der Waals surface area contributed by atoms with Gasteiger partial charge in [-0.25, -0.2) is 0 Å². The number of halogens is 4. The summed E-state index contributed by atoms with van der Waals surface area (Å²) in [6, 6.07) is 5.38. The van der Waals surface area contributed by atoms with Crippen LogP contribution in [0.15, 0.2) is 36.4 Å². The normalized spacial score (nSPS) is 28.7. The zero-order chi connectivity index (χ0) is 33.3. The summed E-state index contributed by atoms with van der Waals surface area (Å²) in [7, 11) is 2.97. The van der Waals surface area contributed by atoms with Gasteiger partial charge in [0.05, 0.1) is 28.8 Å². The molecule has 0 aromatic heterocycles. The molecule has 2 amide bonds. The fraction of sp³-hybridized carbons (Fsp3) is 0.400. The Morgan fingerprint density at radius 1 is 1.07 bits per heavy atom. The summed E-state index contributed by atoms with van der Waals surface area (Å²) in [5.74, 6) is -12.9. The maximum atomic E-state index is 13.9. The summed E-state index contributed by atoms with van der Waals surface area (Å²) < 4.78 is 38.7. The number of ketones is 4. The molecular weight excluding hydrogens is 667 g/mol. The van der Waals surface area contributed by atoms with E-state index in [4.69, 9.17) is 5.73 Å². The second-order valence-electron chi connectivity index (χ2n) is 11.8. The molecule has 2 fully saturated rings. The molecule has 0 bridgehead atoms. The number of aliphatic hydroxyl groups is 1. The highest BCUT2D eigenvalue weighted by atomic mass is 79.9. The van der Waals surface area contributed by atoms with Crippen LogP contribution < -0.4 is 11.1 Å². The number of nitrogens with two attached hydrogens (primary N) is 1. The molecule has 238 valence electrons. The topological polar surface area (TPSA) is 184 Å². The summed E-state index contributed by atoms with van der Waals surface area (Å²) >= 11 is 3.12. The third-order valence-electron chi connectivity index (χ3n) is 8.95. The number of primary amides is 1. The lowest BCUT2D eigenvalue weighted by atomic mass is 9.52. The number of Topliss-reactive ketones (excluding diaryl/α,β-unsaturated/α-hetero) is 4. The van der Waals surface area contributed by atoms with Gasteiger partial charge < -0.3 is 21.3 Å². The van der Waals surface area contributed by atoms with Gasteiger partial charge in [0.15, 0.2) is 34.7 Å². The van der Waals surface area contributed by atoms with Gasteiger partial charge in [0.25, 0.3) is 0 Å². The Balaban J connectivity index is 1.46. The van der Waals surface area contributed by atoms with Gasteiger partial charge in [-0.15, -0.1) is 0 Å². The lowest BCUT2D eigenvalue weighted by Crippen LogP contribution is -2.74. The zero-order valence-electron chi connectivity index (χ0n) is 23.7.